The molecule has 6 heteroatoms. The monoisotopic (exact) mass is 332 g/mol. The van der Waals surface area contributed by atoms with Gasteiger partial charge in [0.15, 0.2) is 0 Å². The van der Waals surface area contributed by atoms with Crippen LogP contribution in [0.15, 0.2) is 0 Å². The first-order chi connectivity index (χ1) is 10.8. The van der Waals surface area contributed by atoms with Crippen molar-refractivity contribution in [2.75, 3.05) is 13.1 Å². The SMILES string of the molecule is NC1C2CCCC1CC(C(=O)N(CCC(F)(F)F)CC1CC1)C2. The number of fused-ring (bicyclic) bond motifs is 2. The molecule has 3 saturated carbocycles. The molecule has 0 spiro atoms. The van der Waals surface area contributed by atoms with Crippen molar-refractivity contribution in [3.63, 3.8) is 0 Å². The molecule has 1 amide bonds. The predicted molar refractivity (Wildman–Crippen MR) is 81.5 cm³/mol. The lowest BCUT2D eigenvalue weighted by molar-refractivity contribution is -0.149. The average molecular weight is 332 g/mol. The van der Waals surface area contributed by atoms with E-state index in [9.17, 15) is 18.0 Å². The third-order valence-corrected chi connectivity index (χ3v) is 5.91. The van der Waals surface area contributed by atoms with Crippen molar-refractivity contribution in [1.29, 1.82) is 0 Å². The van der Waals surface area contributed by atoms with Crippen LogP contribution < -0.4 is 5.73 Å². The summed E-state index contributed by atoms with van der Waals surface area (Å²) in [5.41, 5.74) is 6.26. The predicted octanol–water partition coefficient (Wildman–Crippen LogP) is 3.33. The van der Waals surface area contributed by atoms with Gasteiger partial charge in [0.1, 0.15) is 0 Å². The molecule has 0 aromatic heterocycles. The van der Waals surface area contributed by atoms with Crippen LogP contribution >= 0.6 is 0 Å². The Labute approximate surface area is 135 Å². The molecule has 3 rings (SSSR count). The molecule has 2 N–H and O–H groups in total. The molecular formula is C17H27F3N2O. The molecule has 2 unspecified atom stereocenters. The number of nitrogens with two attached hydrogens (primary N) is 1. The van der Waals surface area contributed by atoms with Crippen LogP contribution in [-0.2, 0) is 4.79 Å². The number of alkyl halides is 3. The molecule has 3 fully saturated rings. The van der Waals surface area contributed by atoms with Crippen LogP contribution in [-0.4, -0.2) is 36.1 Å². The molecule has 0 aromatic carbocycles. The van der Waals surface area contributed by atoms with E-state index >= 15 is 0 Å². The van der Waals surface area contributed by atoms with Crippen molar-refractivity contribution >= 4 is 5.91 Å². The largest absolute Gasteiger partial charge is 0.390 e. The molecule has 23 heavy (non-hydrogen) atoms. The fourth-order valence-corrected chi connectivity index (χ4v) is 4.41. The van der Waals surface area contributed by atoms with Crippen LogP contribution in [0.25, 0.3) is 0 Å². The van der Waals surface area contributed by atoms with E-state index in [1.54, 1.807) is 0 Å². The first kappa shape index (κ1) is 17.1. The Morgan fingerprint density at radius 1 is 1.09 bits per heavy atom. The van der Waals surface area contributed by atoms with E-state index in [2.05, 4.69) is 0 Å². The Balaban J connectivity index is 1.62. The van der Waals surface area contributed by atoms with Gasteiger partial charge in [0.25, 0.3) is 0 Å². The number of amides is 1. The highest BCUT2D eigenvalue weighted by atomic mass is 19.4. The van der Waals surface area contributed by atoms with Crippen molar-refractivity contribution < 1.29 is 18.0 Å². The lowest BCUT2D eigenvalue weighted by atomic mass is 9.65. The molecule has 3 nitrogen and oxygen atoms in total. The third kappa shape index (κ3) is 4.40. The van der Waals surface area contributed by atoms with Gasteiger partial charge in [-0.15, -0.1) is 0 Å². The number of halogens is 3. The van der Waals surface area contributed by atoms with Gasteiger partial charge in [0.2, 0.25) is 5.91 Å². The van der Waals surface area contributed by atoms with Crippen LogP contribution in [0.2, 0.25) is 0 Å². The van der Waals surface area contributed by atoms with Gasteiger partial charge in [0.05, 0.1) is 6.42 Å². The Morgan fingerprint density at radius 3 is 2.22 bits per heavy atom. The van der Waals surface area contributed by atoms with Crippen molar-refractivity contribution in [2.24, 2.45) is 29.4 Å². The van der Waals surface area contributed by atoms with Crippen molar-refractivity contribution in [3.8, 4) is 0 Å². The minimum absolute atomic E-state index is 0.0510. The van der Waals surface area contributed by atoms with Crippen molar-refractivity contribution in [1.82, 2.24) is 4.90 Å². The second kappa shape index (κ2) is 6.61. The molecule has 0 saturated heterocycles. The van der Waals surface area contributed by atoms with Crippen LogP contribution in [0.3, 0.4) is 0 Å². The van der Waals surface area contributed by atoms with E-state index in [0.29, 0.717) is 24.3 Å². The Hall–Kier alpha value is -0.780. The van der Waals surface area contributed by atoms with Gasteiger partial charge in [-0.3, -0.25) is 4.79 Å². The Kier molecular flexibility index (Phi) is 4.90. The molecule has 0 heterocycles. The standard InChI is InChI=1S/C17H27F3N2O/c18-17(19,20)6-7-22(10-11-4-5-11)16(23)14-8-12-2-1-3-13(9-14)15(12)21/h11-15H,1-10,21H2. The van der Waals surface area contributed by atoms with Gasteiger partial charge < -0.3 is 10.6 Å². The number of rotatable bonds is 5. The normalized spacial score (nSPS) is 34.3. The highest BCUT2D eigenvalue weighted by Crippen LogP contribution is 2.43. The molecule has 0 aliphatic heterocycles. The summed E-state index contributed by atoms with van der Waals surface area (Å²) in [6.07, 6.45) is 1.81. The summed E-state index contributed by atoms with van der Waals surface area (Å²) >= 11 is 0. The van der Waals surface area contributed by atoms with Crippen LogP contribution in [0.4, 0.5) is 13.2 Å². The third-order valence-electron chi connectivity index (χ3n) is 5.91. The lowest BCUT2D eigenvalue weighted by Gasteiger charge is -2.44. The van der Waals surface area contributed by atoms with Crippen molar-refractivity contribution in [2.45, 2.75) is 63.6 Å². The summed E-state index contributed by atoms with van der Waals surface area (Å²) in [5, 5.41) is 0. The molecule has 132 valence electrons. The number of hydrogen-bond acceptors (Lipinski definition) is 2. The van der Waals surface area contributed by atoms with E-state index in [1.807, 2.05) is 0 Å². The zero-order valence-corrected chi connectivity index (χ0v) is 13.5. The average Bonchev–Trinajstić information content (AvgIpc) is 3.25. The molecule has 2 atom stereocenters. The van der Waals surface area contributed by atoms with Gasteiger partial charge >= 0.3 is 6.18 Å². The molecular weight excluding hydrogens is 305 g/mol. The number of carbonyl (C=O) groups excluding carboxylic acids is 1. The maximum Gasteiger partial charge on any atom is 0.390 e. The lowest BCUT2D eigenvalue weighted by Crippen LogP contribution is -2.50. The van der Waals surface area contributed by atoms with E-state index in [1.165, 1.54) is 11.3 Å². The van der Waals surface area contributed by atoms with Crippen molar-refractivity contribution in [3.05, 3.63) is 0 Å². The molecule has 3 aliphatic carbocycles. The maximum absolute atomic E-state index is 12.8. The van der Waals surface area contributed by atoms with Gasteiger partial charge in [-0.2, -0.15) is 13.2 Å². The summed E-state index contributed by atoms with van der Waals surface area (Å²) in [7, 11) is 0. The smallest absolute Gasteiger partial charge is 0.342 e. The van der Waals surface area contributed by atoms with E-state index < -0.39 is 12.6 Å². The Bertz CT molecular complexity index is 422. The maximum atomic E-state index is 12.8. The summed E-state index contributed by atoms with van der Waals surface area (Å²) < 4.78 is 37.7. The highest BCUT2D eigenvalue weighted by Gasteiger charge is 2.42. The summed E-state index contributed by atoms with van der Waals surface area (Å²) in [5.74, 6) is 1.00. The topological polar surface area (TPSA) is 46.3 Å². The second-order valence-corrected chi connectivity index (χ2v) is 7.79. The van der Waals surface area contributed by atoms with Gasteiger partial charge in [-0.25, -0.2) is 0 Å². The van der Waals surface area contributed by atoms with Gasteiger partial charge in [-0.1, -0.05) is 6.42 Å². The van der Waals surface area contributed by atoms with Gasteiger partial charge in [0, 0.05) is 25.0 Å². The molecule has 0 aromatic rings. The number of hydrogen-bond donors (Lipinski definition) is 1. The molecule has 2 bridgehead atoms. The minimum Gasteiger partial charge on any atom is -0.342 e. The zero-order chi connectivity index (χ0) is 16.6. The zero-order valence-electron chi connectivity index (χ0n) is 13.5. The molecule has 3 aliphatic rings. The first-order valence-electron chi connectivity index (χ1n) is 8.94. The van der Waals surface area contributed by atoms with Crippen LogP contribution in [0.1, 0.15) is 51.4 Å². The minimum atomic E-state index is -4.20. The quantitative estimate of drug-likeness (QED) is 0.839. The number of carbonyl (C=O) groups is 1. The fourth-order valence-electron chi connectivity index (χ4n) is 4.41. The summed E-state index contributed by atoms with van der Waals surface area (Å²) in [6, 6.07) is 0.180. The van der Waals surface area contributed by atoms with E-state index in [-0.39, 0.29) is 24.4 Å². The first-order valence-corrected chi connectivity index (χ1v) is 8.94. The number of nitrogens with zero attached hydrogens (tertiary/aromatic N) is 1. The van der Waals surface area contributed by atoms with E-state index in [0.717, 1.165) is 38.5 Å². The summed E-state index contributed by atoms with van der Waals surface area (Å²) in [4.78, 5) is 14.3. The fraction of sp³-hybridized carbons (Fsp3) is 0.941. The van der Waals surface area contributed by atoms with E-state index in [4.69, 9.17) is 5.73 Å². The Morgan fingerprint density at radius 2 is 1.70 bits per heavy atom. The van der Waals surface area contributed by atoms with Crippen LogP contribution in [0, 0.1) is 23.7 Å². The second-order valence-electron chi connectivity index (χ2n) is 7.79. The van der Waals surface area contributed by atoms with Gasteiger partial charge in [-0.05, 0) is 56.3 Å². The molecule has 0 radical (unpaired) electrons. The van der Waals surface area contributed by atoms with Crippen LogP contribution in [0.5, 0.6) is 0 Å². The highest BCUT2D eigenvalue weighted by molar-refractivity contribution is 5.79. The summed E-state index contributed by atoms with van der Waals surface area (Å²) in [6.45, 7) is 0.323.